The van der Waals surface area contributed by atoms with Gasteiger partial charge in [-0.25, -0.2) is 0 Å². The zero-order valence-electron chi connectivity index (χ0n) is 17.2. The van der Waals surface area contributed by atoms with Crippen LogP contribution >= 0.6 is 23.2 Å². The van der Waals surface area contributed by atoms with Crippen LogP contribution in [0.25, 0.3) is 10.9 Å². The molecule has 5 nitrogen and oxygen atoms in total. The van der Waals surface area contributed by atoms with E-state index in [9.17, 15) is 4.79 Å². The number of halogens is 2. The number of benzene rings is 2. The highest BCUT2D eigenvalue weighted by Gasteiger charge is 2.28. The average molecular weight is 447 g/mol. The van der Waals surface area contributed by atoms with Crippen LogP contribution in [0.2, 0.25) is 10.0 Å². The van der Waals surface area contributed by atoms with Crippen molar-refractivity contribution in [3.8, 4) is 5.75 Å². The van der Waals surface area contributed by atoms with E-state index in [0.29, 0.717) is 23.8 Å². The SMILES string of the molecule is COc1ccc2c(c1)c(C(C)N1CCOCC1)c(C)n2C(=O)c1cccc(Cl)c1Cl. The molecule has 158 valence electrons. The van der Waals surface area contributed by atoms with E-state index in [-0.39, 0.29) is 17.0 Å². The van der Waals surface area contributed by atoms with Gasteiger partial charge >= 0.3 is 0 Å². The van der Waals surface area contributed by atoms with E-state index in [0.717, 1.165) is 41.0 Å². The number of morpholine rings is 1. The summed E-state index contributed by atoms with van der Waals surface area (Å²) in [6.45, 7) is 7.28. The number of nitrogens with zero attached hydrogens (tertiary/aromatic N) is 2. The van der Waals surface area contributed by atoms with Gasteiger partial charge in [-0.1, -0.05) is 29.3 Å². The lowest BCUT2D eigenvalue weighted by molar-refractivity contribution is 0.0199. The van der Waals surface area contributed by atoms with Gasteiger partial charge in [-0.2, -0.15) is 0 Å². The van der Waals surface area contributed by atoms with Crippen molar-refractivity contribution < 1.29 is 14.3 Å². The van der Waals surface area contributed by atoms with Crippen molar-refractivity contribution in [2.24, 2.45) is 0 Å². The molecule has 0 spiro atoms. The molecule has 2 heterocycles. The molecule has 2 aromatic carbocycles. The Labute approximate surface area is 186 Å². The Balaban J connectivity index is 1.91. The van der Waals surface area contributed by atoms with E-state index in [1.54, 1.807) is 29.9 Å². The number of hydrogen-bond donors (Lipinski definition) is 0. The Morgan fingerprint density at radius 3 is 2.60 bits per heavy atom. The van der Waals surface area contributed by atoms with Crippen molar-refractivity contribution in [2.75, 3.05) is 33.4 Å². The van der Waals surface area contributed by atoms with Crippen molar-refractivity contribution in [1.82, 2.24) is 9.47 Å². The maximum Gasteiger partial charge on any atom is 0.264 e. The summed E-state index contributed by atoms with van der Waals surface area (Å²) in [6, 6.07) is 11.0. The second-order valence-corrected chi connectivity index (χ2v) is 8.23. The second-order valence-electron chi connectivity index (χ2n) is 7.45. The molecule has 1 saturated heterocycles. The third-order valence-corrected chi connectivity index (χ3v) is 6.68. The Hall–Kier alpha value is -2.05. The Bertz CT molecular complexity index is 1100. The monoisotopic (exact) mass is 446 g/mol. The fraction of sp³-hybridized carbons (Fsp3) is 0.348. The van der Waals surface area contributed by atoms with Gasteiger partial charge in [0.15, 0.2) is 0 Å². The number of methoxy groups -OCH3 is 1. The van der Waals surface area contributed by atoms with Crippen LogP contribution in [0.4, 0.5) is 0 Å². The summed E-state index contributed by atoms with van der Waals surface area (Å²) >= 11 is 12.5. The van der Waals surface area contributed by atoms with Gasteiger partial charge in [0.1, 0.15) is 5.75 Å². The van der Waals surface area contributed by atoms with Crippen LogP contribution < -0.4 is 4.74 Å². The largest absolute Gasteiger partial charge is 0.497 e. The zero-order chi connectivity index (χ0) is 21.4. The number of aromatic nitrogens is 1. The lowest BCUT2D eigenvalue weighted by atomic mass is 10.0. The minimum Gasteiger partial charge on any atom is -0.497 e. The van der Waals surface area contributed by atoms with Gasteiger partial charge in [0.05, 0.1) is 41.4 Å². The number of rotatable bonds is 4. The van der Waals surface area contributed by atoms with Crippen LogP contribution in [0.15, 0.2) is 36.4 Å². The fourth-order valence-electron chi connectivity index (χ4n) is 4.27. The summed E-state index contributed by atoms with van der Waals surface area (Å²) in [5, 5.41) is 1.62. The Morgan fingerprint density at radius 2 is 1.90 bits per heavy atom. The molecule has 4 rings (SSSR count). The third kappa shape index (κ3) is 3.60. The highest BCUT2D eigenvalue weighted by Crippen LogP contribution is 2.37. The summed E-state index contributed by atoms with van der Waals surface area (Å²) < 4.78 is 12.7. The number of fused-ring (bicyclic) bond motifs is 1. The standard InChI is InChI=1S/C23H24Cl2N2O3/c1-14(26-9-11-30-12-10-26)21-15(2)27(20-8-7-16(29-3)13-18(20)21)23(28)17-5-4-6-19(24)22(17)25/h4-8,13-14H,9-12H2,1-3H3. The molecule has 30 heavy (non-hydrogen) atoms. The van der Waals surface area contributed by atoms with E-state index >= 15 is 0 Å². The maximum absolute atomic E-state index is 13.6. The molecule has 3 aromatic rings. The molecule has 0 saturated carbocycles. The van der Waals surface area contributed by atoms with E-state index in [2.05, 4.69) is 11.8 Å². The quantitative estimate of drug-likeness (QED) is 0.541. The molecule has 0 radical (unpaired) electrons. The fourth-order valence-corrected chi connectivity index (χ4v) is 4.66. The number of ether oxygens (including phenoxy) is 2. The summed E-state index contributed by atoms with van der Waals surface area (Å²) in [6.07, 6.45) is 0. The molecule has 1 aliphatic heterocycles. The van der Waals surface area contributed by atoms with Gasteiger partial charge in [0.2, 0.25) is 0 Å². The van der Waals surface area contributed by atoms with Crippen LogP contribution in [-0.2, 0) is 4.74 Å². The zero-order valence-corrected chi connectivity index (χ0v) is 18.8. The van der Waals surface area contributed by atoms with Gasteiger partial charge in [-0.3, -0.25) is 14.3 Å². The number of carbonyl (C=O) groups is 1. The number of carbonyl (C=O) groups excluding carboxylic acids is 1. The van der Waals surface area contributed by atoms with Gasteiger partial charge in [0, 0.05) is 30.2 Å². The first-order chi connectivity index (χ1) is 14.4. The van der Waals surface area contributed by atoms with Gasteiger partial charge in [-0.05, 0) is 49.7 Å². The van der Waals surface area contributed by atoms with Gasteiger partial charge in [-0.15, -0.1) is 0 Å². The molecule has 0 bridgehead atoms. The van der Waals surface area contributed by atoms with Gasteiger partial charge < -0.3 is 9.47 Å². The lowest BCUT2D eigenvalue weighted by Crippen LogP contribution is -2.38. The average Bonchev–Trinajstić information content (AvgIpc) is 3.06. The molecule has 1 fully saturated rings. The van der Waals surface area contributed by atoms with E-state index in [1.807, 2.05) is 25.1 Å². The molecule has 0 aliphatic carbocycles. The van der Waals surface area contributed by atoms with Crippen molar-refractivity contribution >= 4 is 40.0 Å². The van der Waals surface area contributed by atoms with Crippen molar-refractivity contribution in [3.05, 3.63) is 63.3 Å². The molecular weight excluding hydrogens is 423 g/mol. The molecule has 1 atom stereocenters. The number of hydrogen-bond acceptors (Lipinski definition) is 4. The van der Waals surface area contributed by atoms with Crippen molar-refractivity contribution in [1.29, 1.82) is 0 Å². The molecule has 1 unspecified atom stereocenters. The van der Waals surface area contributed by atoms with Crippen LogP contribution in [0, 0.1) is 6.92 Å². The Kier molecular flexibility index (Phi) is 6.07. The van der Waals surface area contributed by atoms with Crippen LogP contribution in [0.1, 0.15) is 34.6 Å². The Morgan fingerprint density at radius 1 is 1.17 bits per heavy atom. The summed E-state index contributed by atoms with van der Waals surface area (Å²) in [7, 11) is 1.65. The van der Waals surface area contributed by atoms with Crippen LogP contribution in [-0.4, -0.2) is 48.8 Å². The minimum absolute atomic E-state index is 0.118. The smallest absolute Gasteiger partial charge is 0.264 e. The summed E-state index contributed by atoms with van der Waals surface area (Å²) in [5.41, 5.74) is 3.20. The van der Waals surface area contributed by atoms with Crippen molar-refractivity contribution in [3.63, 3.8) is 0 Å². The second kappa shape index (κ2) is 8.60. The normalized spacial score (nSPS) is 16.0. The van der Waals surface area contributed by atoms with E-state index in [1.165, 1.54) is 0 Å². The molecular formula is C23H24Cl2N2O3. The minimum atomic E-state index is -0.199. The molecule has 0 N–H and O–H groups in total. The first-order valence-corrected chi connectivity index (χ1v) is 10.7. The highest BCUT2D eigenvalue weighted by molar-refractivity contribution is 6.44. The predicted octanol–water partition coefficient (Wildman–Crippen LogP) is 5.35. The van der Waals surface area contributed by atoms with Crippen LogP contribution in [0.3, 0.4) is 0 Å². The molecule has 1 aromatic heterocycles. The maximum atomic E-state index is 13.6. The summed E-state index contributed by atoms with van der Waals surface area (Å²) in [4.78, 5) is 16.0. The predicted molar refractivity (Wildman–Crippen MR) is 120 cm³/mol. The topological polar surface area (TPSA) is 43.7 Å². The van der Waals surface area contributed by atoms with E-state index < -0.39 is 0 Å². The molecule has 7 heteroatoms. The van der Waals surface area contributed by atoms with Gasteiger partial charge in [0.25, 0.3) is 5.91 Å². The lowest BCUT2D eigenvalue weighted by Gasteiger charge is -2.32. The molecule has 0 amide bonds. The van der Waals surface area contributed by atoms with Crippen molar-refractivity contribution in [2.45, 2.75) is 19.9 Å². The summed E-state index contributed by atoms with van der Waals surface area (Å²) in [5.74, 6) is 0.555. The third-order valence-electron chi connectivity index (χ3n) is 5.86. The highest BCUT2D eigenvalue weighted by atomic mass is 35.5. The first kappa shape index (κ1) is 21.2. The molecule has 1 aliphatic rings. The van der Waals surface area contributed by atoms with E-state index in [4.69, 9.17) is 32.7 Å². The first-order valence-electron chi connectivity index (χ1n) is 9.93. The van der Waals surface area contributed by atoms with Crippen LogP contribution in [0.5, 0.6) is 5.75 Å².